The number of aryl methyl sites for hydroxylation is 1. The standard InChI is InChI=1S/C19H23Cl2N3S/c1-4-19(3)8-10-24(11-9-19)16-12-22-18(13(2)23-16)25-15-7-5-6-14(20)17(15)21/h5-7,12H,4,8-11H2,1-3H3. The van der Waals surface area contributed by atoms with E-state index in [1.165, 1.54) is 31.0 Å². The summed E-state index contributed by atoms with van der Waals surface area (Å²) in [5, 5.41) is 1.99. The lowest BCUT2D eigenvalue weighted by molar-refractivity contribution is 0.237. The van der Waals surface area contributed by atoms with Gasteiger partial charge in [-0.1, -0.05) is 61.3 Å². The molecule has 1 saturated heterocycles. The molecule has 6 heteroatoms. The zero-order valence-corrected chi connectivity index (χ0v) is 17.2. The zero-order chi connectivity index (χ0) is 18.0. The molecule has 2 heterocycles. The highest BCUT2D eigenvalue weighted by atomic mass is 35.5. The average Bonchev–Trinajstić information content (AvgIpc) is 2.61. The Morgan fingerprint density at radius 1 is 1.24 bits per heavy atom. The monoisotopic (exact) mass is 395 g/mol. The summed E-state index contributed by atoms with van der Waals surface area (Å²) in [6.07, 6.45) is 5.53. The smallest absolute Gasteiger partial charge is 0.147 e. The fourth-order valence-corrected chi connectivity index (χ4v) is 4.33. The number of hydrogen-bond acceptors (Lipinski definition) is 4. The Bertz CT molecular complexity index is 758. The van der Waals surface area contributed by atoms with E-state index in [-0.39, 0.29) is 0 Å². The van der Waals surface area contributed by atoms with Crippen LogP contribution in [0.2, 0.25) is 10.0 Å². The van der Waals surface area contributed by atoms with E-state index in [9.17, 15) is 0 Å². The number of piperidine rings is 1. The lowest BCUT2D eigenvalue weighted by Gasteiger charge is -2.39. The Morgan fingerprint density at radius 3 is 2.60 bits per heavy atom. The SMILES string of the molecule is CCC1(C)CCN(c2cnc(Sc3cccc(Cl)c3Cl)c(C)n2)CC1. The van der Waals surface area contributed by atoms with Crippen molar-refractivity contribution in [1.29, 1.82) is 0 Å². The molecule has 0 amide bonds. The third kappa shape index (κ3) is 4.24. The Balaban J connectivity index is 1.74. The third-order valence-electron chi connectivity index (χ3n) is 5.16. The zero-order valence-electron chi connectivity index (χ0n) is 14.9. The van der Waals surface area contributed by atoms with Crippen molar-refractivity contribution in [2.45, 2.75) is 50.0 Å². The van der Waals surface area contributed by atoms with Crippen molar-refractivity contribution in [3.63, 3.8) is 0 Å². The van der Waals surface area contributed by atoms with Gasteiger partial charge in [0.05, 0.1) is 21.9 Å². The fraction of sp³-hybridized carbons (Fsp3) is 0.474. The van der Waals surface area contributed by atoms with E-state index in [1.807, 2.05) is 25.3 Å². The summed E-state index contributed by atoms with van der Waals surface area (Å²) < 4.78 is 0. The van der Waals surface area contributed by atoms with Crippen LogP contribution >= 0.6 is 35.0 Å². The molecule has 134 valence electrons. The summed E-state index contributed by atoms with van der Waals surface area (Å²) in [5.41, 5.74) is 1.39. The van der Waals surface area contributed by atoms with Gasteiger partial charge in [-0.2, -0.15) is 0 Å². The van der Waals surface area contributed by atoms with Gasteiger partial charge in [0.25, 0.3) is 0 Å². The molecule has 1 fully saturated rings. The number of halogens is 2. The van der Waals surface area contributed by atoms with Gasteiger partial charge in [0.15, 0.2) is 0 Å². The van der Waals surface area contributed by atoms with Crippen LogP contribution < -0.4 is 4.90 Å². The van der Waals surface area contributed by atoms with Crippen molar-refractivity contribution in [1.82, 2.24) is 9.97 Å². The van der Waals surface area contributed by atoms with Gasteiger partial charge >= 0.3 is 0 Å². The molecule has 1 aromatic heterocycles. The molecular formula is C19H23Cl2N3S. The molecule has 2 aromatic rings. The van der Waals surface area contributed by atoms with Crippen molar-refractivity contribution in [3.8, 4) is 0 Å². The summed E-state index contributed by atoms with van der Waals surface area (Å²) in [5.74, 6) is 0.970. The fourth-order valence-electron chi connectivity index (χ4n) is 3.01. The van der Waals surface area contributed by atoms with Gasteiger partial charge in [0, 0.05) is 18.0 Å². The topological polar surface area (TPSA) is 29.0 Å². The van der Waals surface area contributed by atoms with E-state index in [0.717, 1.165) is 34.5 Å². The van der Waals surface area contributed by atoms with Crippen LogP contribution in [0.5, 0.6) is 0 Å². The Labute approximate surface area is 164 Å². The number of nitrogens with zero attached hydrogens (tertiary/aromatic N) is 3. The molecule has 0 atom stereocenters. The van der Waals surface area contributed by atoms with Crippen molar-refractivity contribution in [2.24, 2.45) is 5.41 Å². The first-order valence-corrected chi connectivity index (χ1v) is 10.2. The Morgan fingerprint density at radius 2 is 1.96 bits per heavy atom. The van der Waals surface area contributed by atoms with Crippen LogP contribution in [-0.2, 0) is 0 Å². The van der Waals surface area contributed by atoms with Gasteiger partial charge in [0.1, 0.15) is 10.8 Å². The van der Waals surface area contributed by atoms with Gasteiger partial charge in [-0.15, -0.1) is 0 Å². The van der Waals surface area contributed by atoms with Crippen LogP contribution in [0.4, 0.5) is 5.82 Å². The van der Waals surface area contributed by atoms with Gasteiger partial charge in [-0.3, -0.25) is 0 Å². The summed E-state index contributed by atoms with van der Waals surface area (Å²) in [6, 6.07) is 5.63. The predicted octanol–water partition coefficient (Wildman–Crippen LogP) is 6.26. The molecule has 0 N–H and O–H groups in total. The second kappa shape index (κ2) is 7.73. The largest absolute Gasteiger partial charge is 0.355 e. The first-order valence-electron chi connectivity index (χ1n) is 8.62. The molecule has 0 saturated carbocycles. The van der Waals surface area contributed by atoms with E-state index in [2.05, 4.69) is 23.7 Å². The van der Waals surface area contributed by atoms with Crippen LogP contribution in [0.15, 0.2) is 34.3 Å². The average molecular weight is 396 g/mol. The van der Waals surface area contributed by atoms with E-state index in [4.69, 9.17) is 28.2 Å². The third-order valence-corrected chi connectivity index (χ3v) is 7.25. The lowest BCUT2D eigenvalue weighted by atomic mass is 9.78. The summed E-state index contributed by atoms with van der Waals surface area (Å²) in [6.45, 7) is 8.76. The number of anilines is 1. The molecular weight excluding hydrogens is 373 g/mol. The molecule has 3 rings (SSSR count). The van der Waals surface area contributed by atoms with Crippen molar-refractivity contribution >= 4 is 40.8 Å². The van der Waals surface area contributed by atoms with Crippen molar-refractivity contribution < 1.29 is 0 Å². The maximum absolute atomic E-state index is 6.28. The second-order valence-electron chi connectivity index (χ2n) is 6.92. The maximum Gasteiger partial charge on any atom is 0.147 e. The van der Waals surface area contributed by atoms with Crippen LogP contribution in [0.3, 0.4) is 0 Å². The van der Waals surface area contributed by atoms with E-state index in [0.29, 0.717) is 15.5 Å². The normalized spacial score (nSPS) is 16.9. The first kappa shape index (κ1) is 18.8. The van der Waals surface area contributed by atoms with Crippen LogP contribution in [0.25, 0.3) is 0 Å². The van der Waals surface area contributed by atoms with Crippen molar-refractivity contribution in [3.05, 3.63) is 40.1 Å². The number of benzene rings is 1. The van der Waals surface area contributed by atoms with Crippen molar-refractivity contribution in [2.75, 3.05) is 18.0 Å². The number of rotatable bonds is 4. The molecule has 0 spiro atoms. The molecule has 1 aliphatic rings. The highest BCUT2D eigenvalue weighted by Gasteiger charge is 2.29. The van der Waals surface area contributed by atoms with E-state index < -0.39 is 0 Å². The highest BCUT2D eigenvalue weighted by molar-refractivity contribution is 7.99. The first-order chi connectivity index (χ1) is 11.9. The molecule has 0 aliphatic carbocycles. The molecule has 0 bridgehead atoms. The molecule has 0 unspecified atom stereocenters. The number of hydrogen-bond donors (Lipinski definition) is 0. The predicted molar refractivity (Wildman–Crippen MR) is 107 cm³/mol. The number of aromatic nitrogens is 2. The molecule has 0 radical (unpaired) electrons. The minimum atomic E-state index is 0.470. The molecule has 1 aliphatic heterocycles. The molecule has 1 aromatic carbocycles. The minimum Gasteiger partial charge on any atom is -0.355 e. The van der Waals surface area contributed by atoms with E-state index in [1.54, 1.807) is 6.07 Å². The van der Waals surface area contributed by atoms with Crippen LogP contribution in [-0.4, -0.2) is 23.1 Å². The minimum absolute atomic E-state index is 0.470. The summed E-state index contributed by atoms with van der Waals surface area (Å²) in [7, 11) is 0. The second-order valence-corrected chi connectivity index (χ2v) is 8.74. The molecule has 3 nitrogen and oxygen atoms in total. The van der Waals surface area contributed by atoms with Gasteiger partial charge in [0.2, 0.25) is 0 Å². The maximum atomic E-state index is 6.28. The van der Waals surface area contributed by atoms with Crippen LogP contribution in [0.1, 0.15) is 38.8 Å². The summed E-state index contributed by atoms with van der Waals surface area (Å²) in [4.78, 5) is 12.7. The highest BCUT2D eigenvalue weighted by Crippen LogP contribution is 2.38. The van der Waals surface area contributed by atoms with Gasteiger partial charge in [-0.05, 0) is 37.3 Å². The lowest BCUT2D eigenvalue weighted by Crippen LogP contribution is -2.39. The quantitative estimate of drug-likeness (QED) is 0.610. The van der Waals surface area contributed by atoms with E-state index >= 15 is 0 Å². The van der Waals surface area contributed by atoms with Crippen LogP contribution in [0, 0.1) is 12.3 Å². The Kier molecular flexibility index (Phi) is 5.81. The molecule has 25 heavy (non-hydrogen) atoms. The van der Waals surface area contributed by atoms with Gasteiger partial charge in [-0.25, -0.2) is 9.97 Å². The Hall–Kier alpha value is -0.970. The van der Waals surface area contributed by atoms with Gasteiger partial charge < -0.3 is 4.90 Å². The summed E-state index contributed by atoms with van der Waals surface area (Å²) >= 11 is 13.9.